The lowest BCUT2D eigenvalue weighted by Crippen LogP contribution is -2.47. The summed E-state index contributed by atoms with van der Waals surface area (Å²) >= 11 is 0. The van der Waals surface area contributed by atoms with Gasteiger partial charge in [-0.1, -0.05) is 0 Å². The molecule has 1 fully saturated rings. The van der Waals surface area contributed by atoms with Gasteiger partial charge in [-0.25, -0.2) is 23.2 Å². The molecule has 1 saturated heterocycles. The van der Waals surface area contributed by atoms with Crippen molar-refractivity contribution in [1.82, 2.24) is 14.9 Å². The maximum absolute atomic E-state index is 12.8. The van der Waals surface area contributed by atoms with E-state index in [0.717, 1.165) is 0 Å². The first-order chi connectivity index (χ1) is 11.0. The van der Waals surface area contributed by atoms with Crippen LogP contribution in [-0.2, 0) is 14.6 Å². The fourth-order valence-corrected chi connectivity index (χ4v) is 4.35. The molecule has 0 N–H and O–H groups in total. The lowest BCUT2D eigenvalue weighted by Gasteiger charge is -2.33. The molecule has 1 aromatic heterocycles. The Labute approximate surface area is 143 Å². The smallest absolute Gasteiger partial charge is 0.410 e. The number of aryl methyl sites for hydroxylation is 2. The van der Waals surface area contributed by atoms with Gasteiger partial charge in [0.25, 0.3) is 0 Å². The Morgan fingerprint density at radius 2 is 1.83 bits per heavy atom. The standard InChI is InChI=1S/C16H25N3O4S/c1-11-9-12(2)18-14(17-11)24(21,22)13-7-6-8-19(10-13)15(20)23-16(3,4)5/h9,13H,6-8,10H2,1-5H3/t13-/m1/s1. The quantitative estimate of drug-likeness (QED) is 0.756. The number of hydrogen-bond donors (Lipinski definition) is 0. The molecule has 2 rings (SSSR count). The van der Waals surface area contributed by atoms with Gasteiger partial charge in [0, 0.05) is 24.5 Å². The Bertz CT molecular complexity index is 705. The third kappa shape index (κ3) is 4.43. The minimum Gasteiger partial charge on any atom is -0.444 e. The Morgan fingerprint density at radius 3 is 2.38 bits per heavy atom. The number of sulfone groups is 1. The van der Waals surface area contributed by atoms with Crippen LogP contribution in [0.2, 0.25) is 0 Å². The van der Waals surface area contributed by atoms with E-state index in [2.05, 4.69) is 9.97 Å². The van der Waals surface area contributed by atoms with E-state index < -0.39 is 26.8 Å². The average molecular weight is 355 g/mol. The summed E-state index contributed by atoms with van der Waals surface area (Å²) in [7, 11) is -3.69. The molecule has 0 unspecified atom stereocenters. The predicted molar refractivity (Wildman–Crippen MR) is 89.5 cm³/mol. The minimum atomic E-state index is -3.69. The first kappa shape index (κ1) is 18.6. The van der Waals surface area contributed by atoms with Gasteiger partial charge in [-0.15, -0.1) is 0 Å². The number of aromatic nitrogens is 2. The average Bonchev–Trinajstić information content (AvgIpc) is 2.44. The zero-order valence-electron chi connectivity index (χ0n) is 14.9. The lowest BCUT2D eigenvalue weighted by atomic mass is 10.1. The van der Waals surface area contributed by atoms with Crippen molar-refractivity contribution in [3.8, 4) is 0 Å². The number of carbonyl (C=O) groups excluding carboxylic acids is 1. The summed E-state index contributed by atoms with van der Waals surface area (Å²) in [6.45, 7) is 9.43. The van der Waals surface area contributed by atoms with Crippen LogP contribution in [0.1, 0.15) is 45.0 Å². The zero-order chi connectivity index (χ0) is 18.1. The third-order valence-corrected chi connectivity index (χ3v) is 5.64. The molecule has 24 heavy (non-hydrogen) atoms. The van der Waals surface area contributed by atoms with Gasteiger partial charge < -0.3 is 9.64 Å². The molecule has 0 spiro atoms. The van der Waals surface area contributed by atoms with E-state index in [9.17, 15) is 13.2 Å². The van der Waals surface area contributed by atoms with Crippen LogP contribution in [0.5, 0.6) is 0 Å². The van der Waals surface area contributed by atoms with E-state index in [1.807, 2.05) is 0 Å². The Kier molecular flexibility index (Phi) is 5.17. The summed E-state index contributed by atoms with van der Waals surface area (Å²) in [5.41, 5.74) is 0.612. The predicted octanol–water partition coefficient (Wildman–Crippen LogP) is 2.27. The van der Waals surface area contributed by atoms with Gasteiger partial charge in [-0.2, -0.15) is 0 Å². The summed E-state index contributed by atoms with van der Waals surface area (Å²) in [5.74, 6) is 0. The van der Waals surface area contributed by atoms with Gasteiger partial charge in [0.15, 0.2) is 0 Å². The Morgan fingerprint density at radius 1 is 1.25 bits per heavy atom. The van der Waals surface area contributed by atoms with Crippen LogP contribution < -0.4 is 0 Å². The second-order valence-corrected chi connectivity index (χ2v) is 9.29. The maximum atomic E-state index is 12.8. The molecule has 0 saturated carbocycles. The van der Waals surface area contributed by atoms with Crippen LogP contribution in [0.15, 0.2) is 11.2 Å². The van der Waals surface area contributed by atoms with Crippen molar-refractivity contribution in [2.75, 3.05) is 13.1 Å². The minimum absolute atomic E-state index is 0.105. The van der Waals surface area contributed by atoms with Crippen molar-refractivity contribution in [1.29, 1.82) is 0 Å². The first-order valence-corrected chi connectivity index (χ1v) is 9.58. The number of amides is 1. The van der Waals surface area contributed by atoms with Crippen molar-refractivity contribution in [3.05, 3.63) is 17.5 Å². The van der Waals surface area contributed by atoms with Crippen LogP contribution >= 0.6 is 0 Å². The topological polar surface area (TPSA) is 89.5 Å². The molecule has 1 aliphatic rings. The van der Waals surface area contributed by atoms with E-state index in [-0.39, 0.29) is 11.7 Å². The van der Waals surface area contributed by atoms with Gasteiger partial charge in [-0.3, -0.25) is 0 Å². The van der Waals surface area contributed by atoms with E-state index in [1.54, 1.807) is 40.7 Å². The second kappa shape index (κ2) is 6.66. The van der Waals surface area contributed by atoms with Crippen LogP contribution in [-0.4, -0.2) is 53.3 Å². The summed E-state index contributed by atoms with van der Waals surface area (Å²) in [5, 5.41) is -0.865. The summed E-state index contributed by atoms with van der Waals surface area (Å²) < 4.78 is 31.0. The van der Waals surface area contributed by atoms with E-state index >= 15 is 0 Å². The molecule has 0 aliphatic carbocycles. The highest BCUT2D eigenvalue weighted by Gasteiger charge is 2.37. The van der Waals surface area contributed by atoms with Crippen molar-refractivity contribution in [2.24, 2.45) is 0 Å². The largest absolute Gasteiger partial charge is 0.444 e. The molecule has 8 heteroatoms. The molecule has 1 aliphatic heterocycles. The van der Waals surface area contributed by atoms with Crippen molar-refractivity contribution >= 4 is 15.9 Å². The van der Waals surface area contributed by atoms with Crippen LogP contribution in [0, 0.1) is 13.8 Å². The number of ether oxygens (including phenoxy) is 1. The number of hydrogen-bond acceptors (Lipinski definition) is 6. The van der Waals surface area contributed by atoms with E-state index in [0.29, 0.717) is 30.8 Å². The summed E-state index contributed by atoms with van der Waals surface area (Å²) in [4.78, 5) is 21.8. The monoisotopic (exact) mass is 355 g/mol. The van der Waals surface area contributed by atoms with Gasteiger partial charge in [0.2, 0.25) is 15.0 Å². The van der Waals surface area contributed by atoms with Gasteiger partial charge >= 0.3 is 6.09 Å². The molecule has 0 radical (unpaired) electrons. The van der Waals surface area contributed by atoms with Gasteiger partial charge in [0.1, 0.15) is 5.60 Å². The van der Waals surface area contributed by atoms with Gasteiger partial charge in [-0.05, 0) is 53.5 Å². The molecule has 7 nitrogen and oxygen atoms in total. The lowest BCUT2D eigenvalue weighted by molar-refractivity contribution is 0.0219. The molecule has 2 heterocycles. The first-order valence-electron chi connectivity index (χ1n) is 8.03. The zero-order valence-corrected chi connectivity index (χ0v) is 15.7. The van der Waals surface area contributed by atoms with Gasteiger partial charge in [0.05, 0.1) is 5.25 Å². The Balaban J connectivity index is 2.20. The highest BCUT2D eigenvalue weighted by molar-refractivity contribution is 7.91. The van der Waals surface area contributed by atoms with Crippen molar-refractivity contribution in [2.45, 2.75) is 63.5 Å². The number of carbonyl (C=O) groups is 1. The molecular formula is C16H25N3O4S. The van der Waals surface area contributed by atoms with Crippen molar-refractivity contribution in [3.63, 3.8) is 0 Å². The summed E-state index contributed by atoms with van der Waals surface area (Å²) in [6.07, 6.45) is 0.607. The number of piperidine rings is 1. The normalized spacial score (nSPS) is 19.2. The number of nitrogens with zero attached hydrogens (tertiary/aromatic N) is 3. The van der Waals surface area contributed by atoms with Crippen LogP contribution in [0.4, 0.5) is 4.79 Å². The maximum Gasteiger partial charge on any atom is 0.410 e. The molecule has 0 bridgehead atoms. The molecule has 0 aromatic carbocycles. The highest BCUT2D eigenvalue weighted by Crippen LogP contribution is 2.23. The summed E-state index contributed by atoms with van der Waals surface area (Å²) in [6, 6.07) is 1.73. The fraction of sp³-hybridized carbons (Fsp3) is 0.688. The molecule has 1 amide bonds. The molecule has 1 atom stereocenters. The third-order valence-electron chi connectivity index (χ3n) is 3.68. The molecular weight excluding hydrogens is 330 g/mol. The van der Waals surface area contributed by atoms with E-state index in [1.165, 1.54) is 4.90 Å². The molecule has 134 valence electrons. The number of rotatable bonds is 2. The Hall–Kier alpha value is -1.70. The number of likely N-dealkylation sites (tertiary alicyclic amines) is 1. The van der Waals surface area contributed by atoms with Crippen LogP contribution in [0.3, 0.4) is 0 Å². The highest BCUT2D eigenvalue weighted by atomic mass is 32.2. The fourth-order valence-electron chi connectivity index (χ4n) is 2.65. The van der Waals surface area contributed by atoms with Crippen molar-refractivity contribution < 1.29 is 17.9 Å². The van der Waals surface area contributed by atoms with Crippen LogP contribution in [0.25, 0.3) is 0 Å². The van der Waals surface area contributed by atoms with E-state index in [4.69, 9.17) is 4.74 Å². The second-order valence-electron chi connectivity index (χ2n) is 7.17. The molecule has 1 aromatic rings. The SMILES string of the molecule is Cc1cc(C)nc(S(=O)(=O)[C@@H]2CCCN(C(=O)OC(C)(C)C)C2)n1.